The lowest BCUT2D eigenvalue weighted by atomic mass is 10.0. The molecule has 0 bridgehead atoms. The summed E-state index contributed by atoms with van der Waals surface area (Å²) in [5, 5.41) is 3.58. The number of benzene rings is 1. The predicted molar refractivity (Wildman–Crippen MR) is 76.2 cm³/mol. The third-order valence-corrected chi connectivity index (χ3v) is 3.74. The Morgan fingerprint density at radius 1 is 1.47 bits per heavy atom. The maximum absolute atomic E-state index is 13.2. The minimum Gasteiger partial charge on any atom is -0.307 e. The van der Waals surface area contributed by atoms with Crippen molar-refractivity contribution in [3.63, 3.8) is 0 Å². The molecule has 0 spiro atoms. The predicted octanol–water partition coefficient (Wildman–Crippen LogP) is 2.57. The summed E-state index contributed by atoms with van der Waals surface area (Å²) in [6.45, 7) is 4.91. The van der Waals surface area contributed by atoms with Crippen LogP contribution in [0.5, 0.6) is 0 Å². The van der Waals surface area contributed by atoms with Crippen molar-refractivity contribution in [3.05, 3.63) is 35.6 Å². The van der Waals surface area contributed by atoms with Crippen LogP contribution in [0.4, 0.5) is 4.39 Å². The number of nitrogens with zero attached hydrogens (tertiary/aromatic N) is 1. The van der Waals surface area contributed by atoms with Gasteiger partial charge in [-0.25, -0.2) is 4.39 Å². The quantitative estimate of drug-likeness (QED) is 0.837. The zero-order valence-corrected chi connectivity index (χ0v) is 11.4. The van der Waals surface area contributed by atoms with E-state index < -0.39 is 0 Å². The van der Waals surface area contributed by atoms with E-state index >= 15 is 0 Å². The zero-order valence-electron chi connectivity index (χ0n) is 11.4. The molecule has 2 nitrogen and oxygen atoms in total. The van der Waals surface area contributed by atoms with Crippen LogP contribution in [0.25, 0.3) is 0 Å². The van der Waals surface area contributed by atoms with Gasteiger partial charge < -0.3 is 5.32 Å². The molecule has 1 aliphatic heterocycles. The first-order valence-corrected chi connectivity index (χ1v) is 6.86. The summed E-state index contributed by atoms with van der Waals surface area (Å²) in [6, 6.07) is 7.49. The van der Waals surface area contributed by atoms with E-state index in [9.17, 15) is 4.39 Å². The van der Waals surface area contributed by atoms with Gasteiger partial charge in [-0.15, -0.1) is 6.42 Å². The van der Waals surface area contributed by atoms with Gasteiger partial charge in [-0.05, 0) is 37.5 Å². The van der Waals surface area contributed by atoms with Crippen LogP contribution >= 0.6 is 0 Å². The van der Waals surface area contributed by atoms with Crippen molar-refractivity contribution in [1.82, 2.24) is 10.2 Å². The molecule has 0 radical (unpaired) electrons. The van der Waals surface area contributed by atoms with Crippen LogP contribution in [0.2, 0.25) is 0 Å². The third kappa shape index (κ3) is 4.05. The van der Waals surface area contributed by atoms with Crippen LogP contribution in [-0.2, 0) is 0 Å². The molecule has 0 saturated carbocycles. The van der Waals surface area contributed by atoms with Crippen molar-refractivity contribution >= 4 is 0 Å². The van der Waals surface area contributed by atoms with Crippen LogP contribution in [0.3, 0.4) is 0 Å². The molecule has 19 heavy (non-hydrogen) atoms. The Hall–Kier alpha value is -1.37. The summed E-state index contributed by atoms with van der Waals surface area (Å²) in [7, 11) is 0. The highest BCUT2D eigenvalue weighted by atomic mass is 19.1. The molecular formula is C16H21FN2. The number of terminal acetylenes is 1. The topological polar surface area (TPSA) is 15.3 Å². The van der Waals surface area contributed by atoms with E-state index in [4.69, 9.17) is 6.42 Å². The minimum absolute atomic E-state index is 0.171. The summed E-state index contributed by atoms with van der Waals surface area (Å²) in [5.74, 6) is 2.52. The lowest BCUT2D eigenvalue weighted by Gasteiger charge is -2.33. The van der Waals surface area contributed by atoms with E-state index in [0.29, 0.717) is 6.04 Å². The molecule has 102 valence electrons. The Bertz CT molecular complexity index is 444. The second-order valence-corrected chi connectivity index (χ2v) is 5.20. The minimum atomic E-state index is -0.171. The fourth-order valence-corrected chi connectivity index (χ4v) is 2.61. The van der Waals surface area contributed by atoms with Crippen molar-refractivity contribution < 1.29 is 4.39 Å². The summed E-state index contributed by atoms with van der Waals surface area (Å²) in [5.41, 5.74) is 1.01. The van der Waals surface area contributed by atoms with Crippen molar-refractivity contribution in [2.45, 2.75) is 31.8 Å². The van der Waals surface area contributed by atoms with E-state index in [1.807, 2.05) is 6.07 Å². The molecule has 2 rings (SSSR count). The molecule has 0 unspecified atom stereocenters. The highest BCUT2D eigenvalue weighted by Crippen LogP contribution is 2.18. The number of halogens is 1. The zero-order chi connectivity index (χ0) is 13.7. The van der Waals surface area contributed by atoms with Crippen LogP contribution < -0.4 is 5.32 Å². The molecule has 1 aromatic carbocycles. The number of nitrogens with one attached hydrogen (secondary N) is 1. The second-order valence-electron chi connectivity index (χ2n) is 5.20. The van der Waals surface area contributed by atoms with Gasteiger partial charge in [0.1, 0.15) is 5.82 Å². The lowest BCUT2D eigenvalue weighted by Crippen LogP contribution is -2.43. The molecule has 1 saturated heterocycles. The van der Waals surface area contributed by atoms with Gasteiger partial charge >= 0.3 is 0 Å². The van der Waals surface area contributed by atoms with Gasteiger partial charge in [-0.1, -0.05) is 18.1 Å². The smallest absolute Gasteiger partial charge is 0.123 e. The number of likely N-dealkylation sites (tertiary alicyclic amines) is 1. The van der Waals surface area contributed by atoms with Gasteiger partial charge in [0.05, 0.1) is 6.54 Å². The highest BCUT2D eigenvalue weighted by Gasteiger charge is 2.20. The standard InChI is InChI=1S/C16H21FN2/c1-3-9-19-10-7-16(8-11-19)18-13(2)14-5-4-6-15(17)12-14/h1,4-6,12-13,16,18H,7-11H2,2H3/t13-/m0/s1. The largest absolute Gasteiger partial charge is 0.307 e. The van der Waals surface area contributed by atoms with Crippen LogP contribution in [-0.4, -0.2) is 30.6 Å². The normalized spacial score (nSPS) is 19.0. The molecule has 0 aromatic heterocycles. The van der Waals surface area contributed by atoms with Crippen molar-refractivity contribution in [2.75, 3.05) is 19.6 Å². The Kier molecular flexibility index (Phi) is 4.95. The number of hydrogen-bond donors (Lipinski definition) is 1. The fourth-order valence-electron chi connectivity index (χ4n) is 2.61. The van der Waals surface area contributed by atoms with Gasteiger partial charge in [0, 0.05) is 25.2 Å². The number of rotatable bonds is 4. The van der Waals surface area contributed by atoms with Gasteiger partial charge in [0.25, 0.3) is 0 Å². The average molecular weight is 260 g/mol. The molecule has 1 fully saturated rings. The molecule has 1 atom stereocenters. The van der Waals surface area contributed by atoms with Gasteiger partial charge in [-0.3, -0.25) is 4.90 Å². The van der Waals surface area contributed by atoms with Crippen LogP contribution in [0, 0.1) is 18.2 Å². The molecule has 0 amide bonds. The summed E-state index contributed by atoms with van der Waals surface area (Å²) in [6.07, 6.45) is 7.52. The molecule has 1 aliphatic rings. The molecule has 3 heteroatoms. The maximum atomic E-state index is 13.2. The molecule has 1 N–H and O–H groups in total. The van der Waals surface area contributed by atoms with Crippen LogP contribution in [0.15, 0.2) is 24.3 Å². The third-order valence-electron chi connectivity index (χ3n) is 3.74. The molecule has 1 heterocycles. The fraction of sp³-hybridized carbons (Fsp3) is 0.500. The number of piperidine rings is 1. The molecule has 0 aliphatic carbocycles. The Morgan fingerprint density at radius 3 is 2.84 bits per heavy atom. The van der Waals surface area contributed by atoms with Crippen molar-refractivity contribution in [1.29, 1.82) is 0 Å². The van der Waals surface area contributed by atoms with E-state index in [2.05, 4.69) is 23.1 Å². The molecule has 1 aromatic rings. The second kappa shape index (κ2) is 6.70. The van der Waals surface area contributed by atoms with E-state index in [-0.39, 0.29) is 11.9 Å². The first kappa shape index (κ1) is 14.0. The molecular weight excluding hydrogens is 239 g/mol. The van der Waals surface area contributed by atoms with Crippen LogP contribution in [0.1, 0.15) is 31.4 Å². The SMILES string of the molecule is C#CCN1CCC(N[C@@H](C)c2cccc(F)c2)CC1. The van der Waals surface area contributed by atoms with E-state index in [1.165, 1.54) is 6.07 Å². The van der Waals surface area contributed by atoms with E-state index in [0.717, 1.165) is 38.0 Å². The lowest BCUT2D eigenvalue weighted by molar-refractivity contribution is 0.211. The summed E-state index contributed by atoms with van der Waals surface area (Å²) < 4.78 is 13.2. The van der Waals surface area contributed by atoms with Gasteiger partial charge in [0.2, 0.25) is 0 Å². The van der Waals surface area contributed by atoms with Crippen molar-refractivity contribution in [3.8, 4) is 12.3 Å². The maximum Gasteiger partial charge on any atom is 0.123 e. The first-order chi connectivity index (χ1) is 9.19. The highest BCUT2D eigenvalue weighted by molar-refractivity contribution is 5.19. The van der Waals surface area contributed by atoms with E-state index in [1.54, 1.807) is 12.1 Å². The average Bonchev–Trinajstić information content (AvgIpc) is 2.41. The Labute approximate surface area is 115 Å². The Balaban J connectivity index is 1.84. The Morgan fingerprint density at radius 2 is 2.21 bits per heavy atom. The monoisotopic (exact) mass is 260 g/mol. The summed E-state index contributed by atoms with van der Waals surface area (Å²) in [4.78, 5) is 2.30. The van der Waals surface area contributed by atoms with Gasteiger partial charge in [0.15, 0.2) is 0 Å². The summed E-state index contributed by atoms with van der Waals surface area (Å²) >= 11 is 0. The number of hydrogen-bond acceptors (Lipinski definition) is 2. The first-order valence-electron chi connectivity index (χ1n) is 6.86. The van der Waals surface area contributed by atoms with Gasteiger partial charge in [-0.2, -0.15) is 0 Å². The van der Waals surface area contributed by atoms with Crippen molar-refractivity contribution in [2.24, 2.45) is 0 Å².